The fourth-order valence-electron chi connectivity index (χ4n) is 12.9. The lowest BCUT2D eigenvalue weighted by Gasteiger charge is -2.21. The molecule has 3 aliphatic carbocycles. The maximum atomic E-state index is 9.65. The highest BCUT2D eigenvalue weighted by Crippen LogP contribution is 2.52. The maximum Gasteiger partial charge on any atom is 0.166 e. The second-order valence-electron chi connectivity index (χ2n) is 23.4. The number of fused-ring (bicyclic) bond motifs is 9. The molecular formula is C72H53N9S3. The Morgan fingerprint density at radius 2 is 0.714 bits per heavy atom. The molecule has 5 aromatic heterocycles. The summed E-state index contributed by atoms with van der Waals surface area (Å²) in [6.45, 7) is 13.7. The SMILES string of the molecule is CC1(C)c2ccccc2-c2cc(-c3cccc(C(=N)SC(=N)c4cc(-c5nnc(-c6cccc(-c7ccc8c(c7)C(C)(C)c7ccccc7-8)n6)s5)cc(-c5nnc(-c6cccc(-c7ccc8c(c7)C(C)(C)c7ccccc7-8)n6)s5)c4)n3)ccc21. The molecule has 0 atom stereocenters. The number of pyridine rings is 3. The number of hydrogen-bond acceptors (Lipinski definition) is 12. The molecule has 404 valence electrons. The summed E-state index contributed by atoms with van der Waals surface area (Å²) in [7, 11) is 0. The van der Waals surface area contributed by atoms with E-state index in [1.807, 2.05) is 72.8 Å². The van der Waals surface area contributed by atoms with Crippen LogP contribution in [0.3, 0.4) is 0 Å². The number of nitrogens with zero attached hydrogens (tertiary/aromatic N) is 7. The van der Waals surface area contributed by atoms with E-state index in [1.54, 1.807) is 0 Å². The Bertz CT molecular complexity index is 4550. The molecule has 7 aromatic carbocycles. The zero-order chi connectivity index (χ0) is 57.2. The first-order valence-corrected chi connectivity index (χ1v) is 30.5. The minimum Gasteiger partial charge on any atom is -0.293 e. The van der Waals surface area contributed by atoms with Crippen molar-refractivity contribution < 1.29 is 0 Å². The fourth-order valence-corrected chi connectivity index (χ4v) is 15.1. The van der Waals surface area contributed by atoms with Gasteiger partial charge in [-0.2, -0.15) is 0 Å². The third-order valence-corrected chi connectivity index (χ3v) is 20.1. The number of benzene rings is 7. The van der Waals surface area contributed by atoms with Crippen molar-refractivity contribution in [3.63, 3.8) is 0 Å². The minimum atomic E-state index is -0.139. The molecule has 0 saturated heterocycles. The van der Waals surface area contributed by atoms with E-state index in [4.69, 9.17) is 35.3 Å². The van der Waals surface area contributed by atoms with E-state index >= 15 is 0 Å². The van der Waals surface area contributed by atoms with E-state index in [-0.39, 0.29) is 26.3 Å². The Morgan fingerprint density at radius 3 is 1.24 bits per heavy atom. The minimum absolute atomic E-state index is 0.107. The van der Waals surface area contributed by atoms with Crippen LogP contribution in [0.2, 0.25) is 0 Å². The van der Waals surface area contributed by atoms with Crippen LogP contribution >= 0.6 is 34.4 Å². The molecule has 0 saturated carbocycles. The Morgan fingerprint density at radius 1 is 0.321 bits per heavy atom. The van der Waals surface area contributed by atoms with Crippen molar-refractivity contribution in [3.05, 3.63) is 245 Å². The Kier molecular flexibility index (Phi) is 12.0. The van der Waals surface area contributed by atoms with E-state index < -0.39 is 0 Å². The molecule has 0 amide bonds. The van der Waals surface area contributed by atoms with Crippen molar-refractivity contribution in [1.82, 2.24) is 35.3 Å². The van der Waals surface area contributed by atoms with Crippen LogP contribution in [0.25, 0.3) is 110 Å². The first-order valence-electron chi connectivity index (χ1n) is 28.0. The predicted molar refractivity (Wildman–Crippen MR) is 345 cm³/mol. The highest BCUT2D eigenvalue weighted by molar-refractivity contribution is 8.27. The van der Waals surface area contributed by atoms with E-state index in [9.17, 15) is 10.8 Å². The molecule has 2 N–H and O–H groups in total. The van der Waals surface area contributed by atoms with Gasteiger partial charge in [-0.05, 0) is 151 Å². The van der Waals surface area contributed by atoms with Gasteiger partial charge in [0.05, 0.1) is 22.8 Å². The molecule has 12 heteroatoms. The number of rotatable bonds is 9. The van der Waals surface area contributed by atoms with Gasteiger partial charge in [0.2, 0.25) is 0 Å². The highest BCUT2D eigenvalue weighted by atomic mass is 32.2. The van der Waals surface area contributed by atoms with Gasteiger partial charge in [0.15, 0.2) is 10.0 Å². The van der Waals surface area contributed by atoms with E-state index in [0.29, 0.717) is 42.7 Å². The molecule has 15 rings (SSSR count). The molecule has 3 aliphatic rings. The Labute approximate surface area is 499 Å². The van der Waals surface area contributed by atoms with E-state index in [2.05, 4.69) is 169 Å². The van der Waals surface area contributed by atoms with Crippen LogP contribution < -0.4 is 0 Å². The highest BCUT2D eigenvalue weighted by Gasteiger charge is 2.38. The van der Waals surface area contributed by atoms with Crippen molar-refractivity contribution in [1.29, 1.82) is 10.8 Å². The quantitative estimate of drug-likeness (QED) is 0.108. The summed E-state index contributed by atoms with van der Waals surface area (Å²) in [4.78, 5) is 15.4. The number of hydrogen-bond donors (Lipinski definition) is 2. The van der Waals surface area contributed by atoms with Gasteiger partial charge in [-0.25, -0.2) is 15.0 Å². The molecule has 0 fully saturated rings. The Hall–Kier alpha value is -9.20. The average molecular weight is 1140 g/mol. The topological polar surface area (TPSA) is 138 Å². The van der Waals surface area contributed by atoms with Crippen LogP contribution in [0.4, 0.5) is 0 Å². The third-order valence-electron chi connectivity index (χ3n) is 17.3. The number of thioether (sulfide) groups is 1. The largest absolute Gasteiger partial charge is 0.293 e. The standard InChI is InChI=1S/C72H53N9S3/c1-70(2)54-21-12-9-18-48(54)51-37-40(30-33-55(51)70)58-22-13-25-61(75-58)65(74)82-64(73)43-34-44(66-78-80-68(83-66)62-26-14-23-59(76-62)41-28-31-49-46-16-7-10-19-52(46)71(3,4)56(49)38-41)36-45(35-43)67-79-81-69(84-67)63-27-15-24-60(77-63)42-29-32-50-47-17-8-11-20-53(47)72(5,6)57(50)39-42/h7-39,73-74H,1-6H3. The molecule has 0 unspecified atom stereocenters. The van der Waals surface area contributed by atoms with Gasteiger partial charge in [-0.15, -0.1) is 20.4 Å². The van der Waals surface area contributed by atoms with Crippen LogP contribution in [-0.2, 0) is 16.2 Å². The summed E-state index contributed by atoms with van der Waals surface area (Å²) in [5, 5.41) is 41.0. The van der Waals surface area contributed by atoms with Crippen LogP contribution in [-0.4, -0.2) is 45.4 Å². The van der Waals surface area contributed by atoms with Crippen LogP contribution in [0.5, 0.6) is 0 Å². The van der Waals surface area contributed by atoms with Crippen molar-refractivity contribution in [2.75, 3.05) is 0 Å². The second-order valence-corrected chi connectivity index (χ2v) is 26.4. The summed E-state index contributed by atoms with van der Waals surface area (Å²) < 4.78 is 0. The van der Waals surface area contributed by atoms with Crippen molar-refractivity contribution >= 4 is 44.5 Å². The second kappa shape index (κ2) is 19.5. The smallest absolute Gasteiger partial charge is 0.166 e. The van der Waals surface area contributed by atoms with Crippen molar-refractivity contribution in [2.24, 2.45) is 0 Å². The summed E-state index contributed by atoms with van der Waals surface area (Å²) in [5.41, 5.74) is 24.5. The predicted octanol–water partition coefficient (Wildman–Crippen LogP) is 18.2. The summed E-state index contributed by atoms with van der Waals surface area (Å²) in [6.07, 6.45) is 0. The van der Waals surface area contributed by atoms with Crippen LogP contribution in [0.15, 0.2) is 200 Å². The first-order chi connectivity index (χ1) is 40.7. The summed E-state index contributed by atoms with van der Waals surface area (Å²) >= 11 is 3.94. The lowest BCUT2D eigenvalue weighted by atomic mass is 9.82. The third kappa shape index (κ3) is 8.45. The van der Waals surface area contributed by atoms with Crippen LogP contribution in [0, 0.1) is 10.8 Å². The molecular weight excluding hydrogens is 1090 g/mol. The van der Waals surface area contributed by atoms with Gasteiger partial charge >= 0.3 is 0 Å². The molecule has 5 heterocycles. The first kappa shape index (κ1) is 51.7. The summed E-state index contributed by atoms with van der Waals surface area (Å²) in [6, 6.07) is 69.7. The molecule has 9 nitrogen and oxygen atoms in total. The lowest BCUT2D eigenvalue weighted by molar-refractivity contribution is 0.660. The van der Waals surface area contributed by atoms with Crippen LogP contribution in [0.1, 0.15) is 86.2 Å². The van der Waals surface area contributed by atoms with Gasteiger partial charge in [0.25, 0.3) is 0 Å². The maximum absolute atomic E-state index is 9.65. The number of aromatic nitrogens is 7. The Balaban J connectivity index is 0.752. The zero-order valence-electron chi connectivity index (χ0n) is 46.9. The average Bonchev–Trinajstić information content (AvgIpc) is 3.88. The fraction of sp³-hybridized carbons (Fsp3) is 0.125. The van der Waals surface area contributed by atoms with Gasteiger partial charge in [0.1, 0.15) is 31.5 Å². The number of nitrogens with one attached hydrogen (secondary N) is 2. The summed E-state index contributed by atoms with van der Waals surface area (Å²) in [5.74, 6) is 0. The molecule has 0 bridgehead atoms. The lowest BCUT2D eigenvalue weighted by Crippen LogP contribution is -2.14. The van der Waals surface area contributed by atoms with Crippen molar-refractivity contribution in [3.8, 4) is 110 Å². The van der Waals surface area contributed by atoms with Gasteiger partial charge < -0.3 is 0 Å². The monoisotopic (exact) mass is 1140 g/mol. The van der Waals surface area contributed by atoms with Crippen molar-refractivity contribution in [2.45, 2.75) is 57.8 Å². The normalized spacial score (nSPS) is 14.3. The van der Waals surface area contributed by atoms with Gasteiger partial charge in [-0.3, -0.25) is 10.8 Å². The zero-order valence-corrected chi connectivity index (χ0v) is 49.4. The van der Waals surface area contributed by atoms with Gasteiger partial charge in [-0.1, -0.05) is 192 Å². The molecule has 0 spiro atoms. The van der Waals surface area contributed by atoms with E-state index in [0.717, 1.165) is 56.7 Å². The molecule has 84 heavy (non-hydrogen) atoms. The van der Waals surface area contributed by atoms with E-state index in [1.165, 1.54) is 89.4 Å². The van der Waals surface area contributed by atoms with Gasteiger partial charge in [0, 0.05) is 49.6 Å². The molecule has 0 aliphatic heterocycles. The molecule has 0 radical (unpaired) electrons. The molecule has 12 aromatic rings.